The van der Waals surface area contributed by atoms with Crippen LogP contribution < -0.4 is 0 Å². The second-order valence-electron chi connectivity index (χ2n) is 5.19. The van der Waals surface area contributed by atoms with Gasteiger partial charge in [-0.1, -0.05) is 60.7 Å². The van der Waals surface area contributed by atoms with Crippen LogP contribution in [0.2, 0.25) is 0 Å². The average molecular weight is 281 g/mol. The monoisotopic (exact) mass is 281 g/mol. The highest BCUT2D eigenvalue weighted by Crippen LogP contribution is 2.37. The number of rotatable bonds is 5. The van der Waals surface area contributed by atoms with E-state index in [1.807, 2.05) is 43.3 Å². The van der Waals surface area contributed by atoms with Gasteiger partial charge in [-0.05, 0) is 18.1 Å². The first kappa shape index (κ1) is 13.8. The largest absolute Gasteiger partial charge is 0.465 e. The molecule has 1 aliphatic rings. The van der Waals surface area contributed by atoms with Crippen LogP contribution in [0.1, 0.15) is 24.1 Å². The van der Waals surface area contributed by atoms with Crippen LogP contribution in [0.3, 0.4) is 0 Å². The fourth-order valence-electron chi connectivity index (χ4n) is 2.73. The Balaban J connectivity index is 1.87. The zero-order chi connectivity index (χ0) is 14.7. The Labute approximate surface area is 125 Å². The van der Waals surface area contributed by atoms with E-state index in [4.69, 9.17) is 4.74 Å². The maximum absolute atomic E-state index is 11.9. The zero-order valence-electron chi connectivity index (χ0n) is 12.1. The van der Waals surface area contributed by atoms with Crippen LogP contribution in [0.4, 0.5) is 0 Å². The van der Waals surface area contributed by atoms with E-state index < -0.39 is 0 Å². The summed E-state index contributed by atoms with van der Waals surface area (Å²) in [5.74, 6) is -0.116. The molecule has 0 N–H and O–H groups in total. The van der Waals surface area contributed by atoms with E-state index in [9.17, 15) is 4.79 Å². The van der Waals surface area contributed by atoms with Gasteiger partial charge in [-0.15, -0.1) is 0 Å². The molecule has 2 atom stereocenters. The highest BCUT2D eigenvalue weighted by molar-refractivity contribution is 5.79. The molecule has 3 rings (SSSR count). The number of carbonyl (C=O) groups is 1. The smallest absolute Gasteiger partial charge is 0.324 e. The predicted molar refractivity (Wildman–Crippen MR) is 81.9 cm³/mol. The molecule has 21 heavy (non-hydrogen) atoms. The first-order chi connectivity index (χ1) is 10.3. The van der Waals surface area contributed by atoms with Crippen LogP contribution in [0.5, 0.6) is 0 Å². The first-order valence-corrected chi connectivity index (χ1v) is 7.33. The number of ether oxygens (including phenoxy) is 1. The van der Waals surface area contributed by atoms with Crippen molar-refractivity contribution in [2.75, 3.05) is 13.2 Å². The van der Waals surface area contributed by atoms with Crippen molar-refractivity contribution in [1.29, 1.82) is 0 Å². The minimum Gasteiger partial charge on any atom is -0.465 e. The lowest BCUT2D eigenvalue weighted by atomic mass is 9.98. The van der Waals surface area contributed by atoms with Gasteiger partial charge in [0.05, 0.1) is 12.6 Å². The van der Waals surface area contributed by atoms with Gasteiger partial charge in [-0.25, -0.2) is 0 Å². The summed E-state index contributed by atoms with van der Waals surface area (Å²) in [5, 5.41) is 0. The summed E-state index contributed by atoms with van der Waals surface area (Å²) in [5.41, 5.74) is 2.41. The van der Waals surface area contributed by atoms with Crippen LogP contribution in [-0.4, -0.2) is 30.1 Å². The van der Waals surface area contributed by atoms with Gasteiger partial charge in [0.2, 0.25) is 0 Å². The Bertz CT molecular complexity index is 558. The zero-order valence-corrected chi connectivity index (χ0v) is 12.1. The summed E-state index contributed by atoms with van der Waals surface area (Å²) < 4.78 is 5.14. The quantitative estimate of drug-likeness (QED) is 0.623. The van der Waals surface area contributed by atoms with E-state index in [2.05, 4.69) is 29.2 Å². The second kappa shape index (κ2) is 6.10. The lowest BCUT2D eigenvalue weighted by Gasteiger charge is -2.20. The summed E-state index contributed by atoms with van der Waals surface area (Å²) in [6.45, 7) is 3.04. The van der Waals surface area contributed by atoms with Crippen LogP contribution in [0, 0.1) is 0 Å². The molecule has 0 aliphatic carbocycles. The third kappa shape index (κ3) is 2.98. The van der Waals surface area contributed by atoms with Crippen LogP contribution >= 0.6 is 0 Å². The van der Waals surface area contributed by atoms with Crippen LogP contribution in [0.15, 0.2) is 60.7 Å². The van der Waals surface area contributed by atoms with Crippen molar-refractivity contribution in [3.05, 3.63) is 71.8 Å². The van der Waals surface area contributed by atoms with Gasteiger partial charge in [0.25, 0.3) is 0 Å². The Kier molecular flexibility index (Phi) is 4.02. The fraction of sp³-hybridized carbons (Fsp3) is 0.278. The molecule has 1 saturated heterocycles. The van der Waals surface area contributed by atoms with Gasteiger partial charge in [0, 0.05) is 6.54 Å². The molecule has 2 aromatic rings. The summed E-state index contributed by atoms with van der Waals surface area (Å²) >= 11 is 0. The lowest BCUT2D eigenvalue weighted by Crippen LogP contribution is -2.20. The molecule has 0 bridgehead atoms. The van der Waals surface area contributed by atoms with Gasteiger partial charge < -0.3 is 4.74 Å². The van der Waals surface area contributed by atoms with Crippen molar-refractivity contribution in [2.24, 2.45) is 0 Å². The molecule has 2 aromatic carbocycles. The van der Waals surface area contributed by atoms with Crippen molar-refractivity contribution in [3.63, 3.8) is 0 Å². The maximum Gasteiger partial charge on any atom is 0.324 e. The van der Waals surface area contributed by atoms with E-state index in [-0.39, 0.29) is 18.1 Å². The molecule has 0 amide bonds. The van der Waals surface area contributed by atoms with Gasteiger partial charge >= 0.3 is 5.97 Å². The first-order valence-electron chi connectivity index (χ1n) is 7.33. The molecule has 3 heteroatoms. The van der Waals surface area contributed by atoms with Crippen molar-refractivity contribution >= 4 is 5.97 Å². The Hall–Kier alpha value is -2.13. The van der Waals surface area contributed by atoms with Crippen LogP contribution in [0.25, 0.3) is 0 Å². The average Bonchev–Trinajstić information content (AvgIpc) is 3.30. The molecule has 1 heterocycles. The fourth-order valence-corrected chi connectivity index (χ4v) is 2.73. The number of hydrogen-bond donors (Lipinski definition) is 0. The van der Waals surface area contributed by atoms with E-state index in [1.165, 1.54) is 11.1 Å². The molecule has 108 valence electrons. The lowest BCUT2D eigenvalue weighted by molar-refractivity contribution is -0.143. The summed E-state index contributed by atoms with van der Waals surface area (Å²) in [7, 11) is 0. The van der Waals surface area contributed by atoms with Crippen molar-refractivity contribution in [1.82, 2.24) is 4.90 Å². The van der Waals surface area contributed by atoms with Gasteiger partial charge in [-0.3, -0.25) is 9.69 Å². The molecule has 3 nitrogen and oxygen atoms in total. The van der Waals surface area contributed by atoms with Crippen molar-refractivity contribution in [2.45, 2.75) is 19.0 Å². The van der Waals surface area contributed by atoms with Gasteiger partial charge in [0.1, 0.15) is 6.04 Å². The normalized spacial score (nSPS) is 20.3. The number of nitrogens with zero attached hydrogens (tertiary/aromatic N) is 1. The van der Waals surface area contributed by atoms with E-state index in [0.29, 0.717) is 6.61 Å². The van der Waals surface area contributed by atoms with Crippen molar-refractivity contribution in [3.8, 4) is 0 Å². The molecule has 0 aromatic heterocycles. The number of hydrogen-bond acceptors (Lipinski definition) is 3. The molecule has 1 fully saturated rings. The number of benzene rings is 2. The minimum atomic E-state index is -0.116. The van der Waals surface area contributed by atoms with E-state index >= 15 is 0 Å². The summed E-state index contributed by atoms with van der Waals surface area (Å²) in [6.07, 6.45) is 0. The maximum atomic E-state index is 11.9. The SMILES string of the molecule is CCOC(=O)[C@H]1CN1C(c1ccccc1)c1ccccc1. The Morgan fingerprint density at radius 3 is 2.10 bits per heavy atom. The molecule has 1 aliphatic heterocycles. The van der Waals surface area contributed by atoms with Crippen molar-refractivity contribution < 1.29 is 9.53 Å². The molecular weight excluding hydrogens is 262 g/mol. The highest BCUT2D eigenvalue weighted by Gasteiger charge is 2.46. The Morgan fingerprint density at radius 1 is 1.10 bits per heavy atom. The molecule has 1 unspecified atom stereocenters. The molecule has 0 spiro atoms. The Morgan fingerprint density at radius 2 is 1.62 bits per heavy atom. The predicted octanol–water partition coefficient (Wildman–Crippen LogP) is 3.02. The summed E-state index contributed by atoms with van der Waals surface area (Å²) in [4.78, 5) is 14.1. The topological polar surface area (TPSA) is 29.3 Å². The standard InChI is InChI=1S/C18H19NO2/c1-2-21-18(20)16-13-19(16)17(14-9-5-3-6-10-14)15-11-7-4-8-12-15/h3-12,16-17H,2,13H2,1H3/t16-,19?/m1/s1. The van der Waals surface area contributed by atoms with E-state index in [1.54, 1.807) is 0 Å². The number of esters is 1. The van der Waals surface area contributed by atoms with E-state index in [0.717, 1.165) is 6.54 Å². The van der Waals surface area contributed by atoms with Crippen LogP contribution in [-0.2, 0) is 9.53 Å². The highest BCUT2D eigenvalue weighted by atomic mass is 16.5. The third-order valence-corrected chi connectivity index (χ3v) is 3.77. The minimum absolute atomic E-state index is 0.113. The number of carbonyl (C=O) groups excluding carboxylic acids is 1. The second-order valence-corrected chi connectivity index (χ2v) is 5.19. The molecule has 0 radical (unpaired) electrons. The molecular formula is C18H19NO2. The van der Waals surface area contributed by atoms with Gasteiger partial charge in [0.15, 0.2) is 0 Å². The van der Waals surface area contributed by atoms with Gasteiger partial charge in [-0.2, -0.15) is 0 Å². The third-order valence-electron chi connectivity index (χ3n) is 3.77. The summed E-state index contributed by atoms with van der Waals surface area (Å²) in [6, 6.07) is 20.6. The molecule has 0 saturated carbocycles.